The standard InChI is InChI=1S/C10H18N2O2/c1-3-4-5-9-6-10(14)12(7-9)11-8(2)13/h9H,3-7H2,1-2H3,(H,11,13). The Morgan fingerprint density at radius 1 is 1.64 bits per heavy atom. The van der Waals surface area contributed by atoms with Crippen molar-refractivity contribution in [1.82, 2.24) is 10.4 Å². The van der Waals surface area contributed by atoms with Crippen LogP contribution in [-0.4, -0.2) is 23.4 Å². The minimum atomic E-state index is -0.172. The van der Waals surface area contributed by atoms with Crippen molar-refractivity contribution in [3.8, 4) is 0 Å². The molecule has 0 aliphatic carbocycles. The lowest BCUT2D eigenvalue weighted by Gasteiger charge is -2.16. The molecule has 0 saturated carbocycles. The highest BCUT2D eigenvalue weighted by Gasteiger charge is 2.29. The van der Waals surface area contributed by atoms with Crippen LogP contribution >= 0.6 is 0 Å². The molecule has 80 valence electrons. The molecule has 0 aromatic rings. The second kappa shape index (κ2) is 4.98. The highest BCUT2D eigenvalue weighted by molar-refractivity contribution is 5.82. The van der Waals surface area contributed by atoms with E-state index in [0.29, 0.717) is 18.9 Å². The first-order valence-corrected chi connectivity index (χ1v) is 5.21. The predicted molar refractivity (Wildman–Crippen MR) is 53.2 cm³/mol. The van der Waals surface area contributed by atoms with Gasteiger partial charge in [0.15, 0.2) is 0 Å². The molecule has 0 radical (unpaired) electrons. The monoisotopic (exact) mass is 198 g/mol. The number of hydrazine groups is 1. The number of carbonyl (C=O) groups excluding carboxylic acids is 2. The van der Waals surface area contributed by atoms with Gasteiger partial charge in [-0.05, 0) is 12.3 Å². The lowest BCUT2D eigenvalue weighted by atomic mass is 10.0. The molecule has 1 aliphatic heterocycles. The summed E-state index contributed by atoms with van der Waals surface area (Å²) in [7, 11) is 0. The minimum absolute atomic E-state index is 0.0429. The van der Waals surface area contributed by atoms with Gasteiger partial charge in [0.05, 0.1) is 0 Å². The molecular formula is C10H18N2O2. The molecule has 0 aromatic heterocycles. The quantitative estimate of drug-likeness (QED) is 0.734. The summed E-state index contributed by atoms with van der Waals surface area (Å²) in [6.45, 7) is 4.24. The highest BCUT2D eigenvalue weighted by atomic mass is 16.2. The maximum absolute atomic E-state index is 11.4. The van der Waals surface area contributed by atoms with Gasteiger partial charge >= 0.3 is 0 Å². The second-order valence-electron chi connectivity index (χ2n) is 3.88. The molecule has 0 aromatic carbocycles. The number of rotatable bonds is 4. The van der Waals surface area contributed by atoms with Crippen LogP contribution in [-0.2, 0) is 9.59 Å². The third-order valence-corrected chi connectivity index (χ3v) is 2.46. The SMILES string of the molecule is CCCCC1CC(=O)N(NC(C)=O)C1. The Bertz CT molecular complexity index is 228. The second-order valence-corrected chi connectivity index (χ2v) is 3.88. The zero-order chi connectivity index (χ0) is 10.6. The van der Waals surface area contributed by atoms with Crippen LogP contribution in [0.3, 0.4) is 0 Å². The molecular weight excluding hydrogens is 180 g/mol. The van der Waals surface area contributed by atoms with Gasteiger partial charge in [-0.2, -0.15) is 0 Å². The summed E-state index contributed by atoms with van der Waals surface area (Å²) in [5.41, 5.74) is 2.54. The molecule has 1 heterocycles. The molecule has 1 N–H and O–H groups in total. The summed E-state index contributed by atoms with van der Waals surface area (Å²) >= 11 is 0. The van der Waals surface area contributed by atoms with Gasteiger partial charge in [0, 0.05) is 19.9 Å². The van der Waals surface area contributed by atoms with Gasteiger partial charge in [0.25, 0.3) is 0 Å². The summed E-state index contributed by atoms with van der Waals surface area (Å²) < 4.78 is 0. The topological polar surface area (TPSA) is 49.4 Å². The van der Waals surface area contributed by atoms with E-state index >= 15 is 0 Å². The number of amides is 2. The van der Waals surface area contributed by atoms with E-state index in [0.717, 1.165) is 19.3 Å². The van der Waals surface area contributed by atoms with Crippen molar-refractivity contribution in [1.29, 1.82) is 0 Å². The Labute approximate surface area is 84.6 Å². The number of carbonyl (C=O) groups is 2. The van der Waals surface area contributed by atoms with Crippen LogP contribution in [0.25, 0.3) is 0 Å². The van der Waals surface area contributed by atoms with E-state index in [9.17, 15) is 9.59 Å². The molecule has 4 heteroatoms. The van der Waals surface area contributed by atoms with Gasteiger partial charge in [-0.3, -0.25) is 20.0 Å². The van der Waals surface area contributed by atoms with Crippen molar-refractivity contribution < 1.29 is 9.59 Å². The summed E-state index contributed by atoms with van der Waals surface area (Å²) in [6.07, 6.45) is 3.98. The van der Waals surface area contributed by atoms with E-state index in [2.05, 4.69) is 12.3 Å². The smallest absolute Gasteiger partial charge is 0.241 e. The third-order valence-electron chi connectivity index (χ3n) is 2.46. The van der Waals surface area contributed by atoms with Crippen LogP contribution < -0.4 is 5.43 Å². The molecule has 1 rings (SSSR count). The van der Waals surface area contributed by atoms with Crippen LogP contribution in [0.15, 0.2) is 0 Å². The maximum atomic E-state index is 11.4. The van der Waals surface area contributed by atoms with Crippen molar-refractivity contribution in [2.24, 2.45) is 5.92 Å². The number of nitrogens with one attached hydrogen (secondary N) is 1. The summed E-state index contributed by atoms with van der Waals surface area (Å²) in [4.78, 5) is 22.2. The molecule has 0 spiro atoms. The molecule has 1 unspecified atom stereocenters. The summed E-state index contributed by atoms with van der Waals surface area (Å²) in [6, 6.07) is 0. The van der Waals surface area contributed by atoms with Gasteiger partial charge in [-0.25, -0.2) is 0 Å². The molecule has 2 amide bonds. The first-order chi connectivity index (χ1) is 6.63. The van der Waals surface area contributed by atoms with Crippen molar-refractivity contribution in [3.05, 3.63) is 0 Å². The highest BCUT2D eigenvalue weighted by Crippen LogP contribution is 2.21. The van der Waals surface area contributed by atoms with Crippen LogP contribution in [0.4, 0.5) is 0 Å². The lowest BCUT2D eigenvalue weighted by molar-refractivity contribution is -0.137. The van der Waals surface area contributed by atoms with E-state index in [-0.39, 0.29) is 11.8 Å². The van der Waals surface area contributed by atoms with E-state index in [1.54, 1.807) is 0 Å². The van der Waals surface area contributed by atoms with Gasteiger partial charge in [0.2, 0.25) is 11.8 Å². The number of unbranched alkanes of at least 4 members (excludes halogenated alkanes) is 1. The van der Waals surface area contributed by atoms with Crippen molar-refractivity contribution in [2.75, 3.05) is 6.54 Å². The molecule has 1 fully saturated rings. The number of hydrogen-bond acceptors (Lipinski definition) is 2. The average Bonchev–Trinajstić information content (AvgIpc) is 2.43. The summed E-state index contributed by atoms with van der Waals surface area (Å²) in [5.74, 6) is 0.296. The minimum Gasteiger partial charge on any atom is -0.274 e. The van der Waals surface area contributed by atoms with Crippen LogP contribution in [0.1, 0.15) is 39.5 Å². The molecule has 4 nitrogen and oxygen atoms in total. The fourth-order valence-electron chi connectivity index (χ4n) is 1.77. The predicted octanol–water partition coefficient (Wildman–Crippen LogP) is 1.08. The fraction of sp³-hybridized carbons (Fsp3) is 0.800. The van der Waals surface area contributed by atoms with Crippen LogP contribution in [0.2, 0.25) is 0 Å². The molecule has 0 bridgehead atoms. The van der Waals surface area contributed by atoms with Crippen LogP contribution in [0.5, 0.6) is 0 Å². The van der Waals surface area contributed by atoms with Gasteiger partial charge < -0.3 is 0 Å². The summed E-state index contributed by atoms with van der Waals surface area (Å²) in [5, 5.41) is 1.45. The third kappa shape index (κ3) is 3.01. The van der Waals surface area contributed by atoms with E-state index in [1.807, 2.05) is 0 Å². The van der Waals surface area contributed by atoms with Gasteiger partial charge in [-0.15, -0.1) is 0 Å². The number of hydrogen-bond donors (Lipinski definition) is 1. The van der Waals surface area contributed by atoms with E-state index in [1.165, 1.54) is 11.9 Å². The zero-order valence-electron chi connectivity index (χ0n) is 8.88. The van der Waals surface area contributed by atoms with E-state index in [4.69, 9.17) is 0 Å². The Morgan fingerprint density at radius 2 is 2.36 bits per heavy atom. The van der Waals surface area contributed by atoms with Crippen molar-refractivity contribution in [3.63, 3.8) is 0 Å². The van der Waals surface area contributed by atoms with Gasteiger partial charge in [0.1, 0.15) is 0 Å². The molecule has 14 heavy (non-hydrogen) atoms. The zero-order valence-corrected chi connectivity index (χ0v) is 8.88. The normalized spacial score (nSPS) is 21.4. The first kappa shape index (κ1) is 11.0. The molecule has 1 aliphatic rings. The Morgan fingerprint density at radius 3 is 2.93 bits per heavy atom. The van der Waals surface area contributed by atoms with E-state index < -0.39 is 0 Å². The van der Waals surface area contributed by atoms with Crippen LogP contribution in [0, 0.1) is 5.92 Å². The van der Waals surface area contributed by atoms with Gasteiger partial charge in [-0.1, -0.05) is 19.8 Å². The average molecular weight is 198 g/mol. The van der Waals surface area contributed by atoms with Crippen molar-refractivity contribution in [2.45, 2.75) is 39.5 Å². The largest absolute Gasteiger partial charge is 0.274 e. The molecule has 1 saturated heterocycles. The number of nitrogens with zero attached hydrogens (tertiary/aromatic N) is 1. The Hall–Kier alpha value is -1.06. The van der Waals surface area contributed by atoms with Crippen molar-refractivity contribution >= 4 is 11.8 Å². The first-order valence-electron chi connectivity index (χ1n) is 5.21. The Kier molecular flexibility index (Phi) is 3.92. The fourth-order valence-corrected chi connectivity index (χ4v) is 1.77. The molecule has 1 atom stereocenters. The Balaban J connectivity index is 2.35. The lowest BCUT2D eigenvalue weighted by Crippen LogP contribution is -2.41. The maximum Gasteiger partial charge on any atom is 0.241 e.